The van der Waals surface area contributed by atoms with Crippen molar-refractivity contribution in [2.75, 3.05) is 30.4 Å². The molecule has 1 aliphatic rings. The lowest BCUT2D eigenvalue weighted by Gasteiger charge is -2.16. The Bertz CT molecular complexity index is 679. The van der Waals surface area contributed by atoms with E-state index in [0.29, 0.717) is 12.3 Å². The van der Waals surface area contributed by atoms with Crippen LogP contribution >= 0.6 is 0 Å². The van der Waals surface area contributed by atoms with Gasteiger partial charge in [0.05, 0.1) is 5.69 Å². The van der Waals surface area contributed by atoms with Crippen LogP contribution in [0.3, 0.4) is 0 Å². The molecule has 0 saturated carbocycles. The number of hydrogen-bond acceptors (Lipinski definition) is 4. The van der Waals surface area contributed by atoms with Crippen molar-refractivity contribution in [3.05, 3.63) is 60.7 Å². The van der Waals surface area contributed by atoms with Gasteiger partial charge in [0.25, 0.3) is 5.91 Å². The number of hydrogen-bond donors (Lipinski definition) is 2. The molecule has 0 bridgehead atoms. The van der Waals surface area contributed by atoms with Gasteiger partial charge in [-0.05, 0) is 50.2 Å². The molecular weight excluding hydrogens is 300 g/mol. The Morgan fingerprint density at radius 1 is 0.917 bits per heavy atom. The molecule has 5 nitrogen and oxygen atoms in total. The van der Waals surface area contributed by atoms with E-state index >= 15 is 0 Å². The molecular formula is C19H22N4O. The SMILES string of the molecule is O=C(Nc1ccccc1)/C(CN1CCCC1)=N/Nc1ccccc1. The summed E-state index contributed by atoms with van der Waals surface area (Å²) in [5.74, 6) is -0.170. The molecule has 1 aliphatic heterocycles. The van der Waals surface area contributed by atoms with Crippen molar-refractivity contribution in [1.29, 1.82) is 0 Å². The van der Waals surface area contributed by atoms with Crippen molar-refractivity contribution >= 4 is 23.0 Å². The highest BCUT2D eigenvalue weighted by molar-refractivity contribution is 6.43. The molecule has 0 radical (unpaired) electrons. The van der Waals surface area contributed by atoms with E-state index in [1.165, 1.54) is 12.8 Å². The highest BCUT2D eigenvalue weighted by Gasteiger charge is 2.19. The van der Waals surface area contributed by atoms with Gasteiger partial charge >= 0.3 is 0 Å². The maximum atomic E-state index is 12.6. The quantitative estimate of drug-likeness (QED) is 0.634. The fourth-order valence-corrected chi connectivity index (χ4v) is 2.68. The predicted octanol–water partition coefficient (Wildman–Crippen LogP) is 3.19. The van der Waals surface area contributed by atoms with Gasteiger partial charge in [-0.2, -0.15) is 5.10 Å². The van der Waals surface area contributed by atoms with Crippen LogP contribution in [0.15, 0.2) is 65.8 Å². The van der Waals surface area contributed by atoms with Crippen LogP contribution in [0, 0.1) is 0 Å². The van der Waals surface area contributed by atoms with Crippen LogP contribution in [0.25, 0.3) is 0 Å². The molecule has 2 aromatic carbocycles. The number of nitrogens with one attached hydrogen (secondary N) is 2. The van der Waals surface area contributed by atoms with E-state index in [0.717, 1.165) is 24.5 Å². The Hall–Kier alpha value is -2.66. The fraction of sp³-hybridized carbons (Fsp3) is 0.263. The molecule has 1 saturated heterocycles. The van der Waals surface area contributed by atoms with Gasteiger partial charge in [-0.25, -0.2) is 0 Å². The Morgan fingerprint density at radius 2 is 1.50 bits per heavy atom. The number of hydrazone groups is 1. The van der Waals surface area contributed by atoms with Gasteiger partial charge in [-0.1, -0.05) is 36.4 Å². The van der Waals surface area contributed by atoms with Gasteiger partial charge in [0.15, 0.2) is 0 Å². The summed E-state index contributed by atoms with van der Waals surface area (Å²) >= 11 is 0. The zero-order valence-electron chi connectivity index (χ0n) is 13.6. The van der Waals surface area contributed by atoms with Crippen LogP contribution in [0.4, 0.5) is 11.4 Å². The molecule has 1 heterocycles. The number of amides is 1. The minimum atomic E-state index is -0.170. The number of anilines is 2. The zero-order chi connectivity index (χ0) is 16.6. The lowest BCUT2D eigenvalue weighted by atomic mass is 10.2. The monoisotopic (exact) mass is 322 g/mol. The summed E-state index contributed by atoms with van der Waals surface area (Å²) < 4.78 is 0. The van der Waals surface area contributed by atoms with Gasteiger partial charge in [0.2, 0.25) is 0 Å². The summed E-state index contributed by atoms with van der Waals surface area (Å²) in [5, 5.41) is 7.28. The van der Waals surface area contributed by atoms with Gasteiger partial charge in [-0.15, -0.1) is 0 Å². The number of carbonyl (C=O) groups is 1. The van der Waals surface area contributed by atoms with Gasteiger partial charge < -0.3 is 5.32 Å². The molecule has 5 heteroatoms. The Morgan fingerprint density at radius 3 is 2.12 bits per heavy atom. The molecule has 2 N–H and O–H groups in total. The average Bonchev–Trinajstić information content (AvgIpc) is 3.13. The van der Waals surface area contributed by atoms with Gasteiger partial charge in [0.1, 0.15) is 5.71 Å². The highest BCUT2D eigenvalue weighted by atomic mass is 16.2. The maximum absolute atomic E-state index is 12.6. The summed E-state index contributed by atoms with van der Waals surface area (Å²) in [5.41, 5.74) is 5.12. The van der Waals surface area contributed by atoms with Crippen molar-refractivity contribution in [1.82, 2.24) is 4.90 Å². The third-order valence-corrected chi connectivity index (χ3v) is 3.96. The second kappa shape index (κ2) is 8.26. The second-order valence-electron chi connectivity index (χ2n) is 5.84. The first kappa shape index (κ1) is 16.2. The smallest absolute Gasteiger partial charge is 0.273 e. The van der Waals surface area contributed by atoms with Gasteiger partial charge in [-0.3, -0.25) is 15.1 Å². The molecule has 1 amide bonds. The Labute approximate surface area is 142 Å². The van der Waals surface area contributed by atoms with Crippen LogP contribution in [-0.2, 0) is 4.79 Å². The fourth-order valence-electron chi connectivity index (χ4n) is 2.68. The summed E-state index contributed by atoms with van der Waals surface area (Å²) in [4.78, 5) is 14.9. The first-order chi connectivity index (χ1) is 11.8. The zero-order valence-corrected chi connectivity index (χ0v) is 13.6. The first-order valence-corrected chi connectivity index (χ1v) is 8.27. The van der Waals surface area contributed by atoms with Crippen molar-refractivity contribution in [2.45, 2.75) is 12.8 Å². The maximum Gasteiger partial charge on any atom is 0.273 e. The summed E-state index contributed by atoms with van der Waals surface area (Å²) in [6.07, 6.45) is 2.36. The molecule has 3 rings (SSSR count). The normalized spacial score (nSPS) is 15.2. The number of benzene rings is 2. The third-order valence-electron chi connectivity index (χ3n) is 3.96. The van der Waals surface area contributed by atoms with Gasteiger partial charge in [0, 0.05) is 12.2 Å². The van der Waals surface area contributed by atoms with Crippen LogP contribution in [0.2, 0.25) is 0 Å². The van der Waals surface area contributed by atoms with Crippen molar-refractivity contribution in [3.8, 4) is 0 Å². The molecule has 2 aromatic rings. The molecule has 0 atom stereocenters. The molecule has 0 spiro atoms. The van der Waals surface area contributed by atoms with E-state index in [9.17, 15) is 4.79 Å². The third kappa shape index (κ3) is 4.67. The average molecular weight is 322 g/mol. The van der Waals surface area contributed by atoms with E-state index in [2.05, 4.69) is 20.7 Å². The number of para-hydroxylation sites is 2. The van der Waals surface area contributed by atoms with Crippen LogP contribution in [0.1, 0.15) is 12.8 Å². The van der Waals surface area contributed by atoms with Crippen molar-refractivity contribution < 1.29 is 4.79 Å². The topological polar surface area (TPSA) is 56.7 Å². The lowest BCUT2D eigenvalue weighted by Crippen LogP contribution is -2.35. The number of carbonyl (C=O) groups excluding carboxylic acids is 1. The molecule has 1 fully saturated rings. The molecule has 0 aliphatic carbocycles. The minimum absolute atomic E-state index is 0.170. The molecule has 124 valence electrons. The first-order valence-electron chi connectivity index (χ1n) is 8.27. The summed E-state index contributed by atoms with van der Waals surface area (Å²) in [6.45, 7) is 2.59. The predicted molar refractivity (Wildman–Crippen MR) is 98.2 cm³/mol. The van der Waals surface area contributed by atoms with E-state index in [-0.39, 0.29) is 5.91 Å². The van der Waals surface area contributed by atoms with Crippen molar-refractivity contribution in [2.24, 2.45) is 5.10 Å². The highest BCUT2D eigenvalue weighted by Crippen LogP contribution is 2.10. The van der Waals surface area contributed by atoms with Crippen molar-refractivity contribution in [3.63, 3.8) is 0 Å². The summed E-state index contributed by atoms with van der Waals surface area (Å²) in [7, 11) is 0. The van der Waals surface area contributed by atoms with E-state index < -0.39 is 0 Å². The molecule has 24 heavy (non-hydrogen) atoms. The number of rotatable bonds is 6. The molecule has 0 aromatic heterocycles. The van der Waals surface area contributed by atoms with E-state index in [4.69, 9.17) is 0 Å². The second-order valence-corrected chi connectivity index (χ2v) is 5.84. The number of likely N-dealkylation sites (tertiary alicyclic amines) is 1. The van der Waals surface area contributed by atoms with Crippen LogP contribution < -0.4 is 10.7 Å². The Kier molecular flexibility index (Phi) is 5.58. The van der Waals surface area contributed by atoms with E-state index in [1.54, 1.807) is 0 Å². The largest absolute Gasteiger partial charge is 0.321 e. The minimum Gasteiger partial charge on any atom is -0.321 e. The Balaban J connectivity index is 1.71. The molecule has 0 unspecified atom stereocenters. The standard InChI is InChI=1S/C19H22N4O/c24-19(20-16-9-3-1-4-10-16)18(15-23-13-7-8-14-23)22-21-17-11-5-2-6-12-17/h1-6,9-12,21H,7-8,13-15H2,(H,20,24)/b22-18+. The lowest BCUT2D eigenvalue weighted by molar-refractivity contribution is -0.110. The van der Waals surface area contributed by atoms with Crippen LogP contribution in [-0.4, -0.2) is 36.2 Å². The van der Waals surface area contributed by atoms with E-state index in [1.807, 2.05) is 60.7 Å². The summed E-state index contributed by atoms with van der Waals surface area (Å²) in [6, 6.07) is 19.1. The number of nitrogens with zero attached hydrogens (tertiary/aromatic N) is 2. The van der Waals surface area contributed by atoms with Crippen LogP contribution in [0.5, 0.6) is 0 Å².